The van der Waals surface area contributed by atoms with E-state index in [-0.39, 0.29) is 12.4 Å². The fraction of sp³-hybridized carbons (Fsp3) is 0.429. The molecule has 0 saturated carbocycles. The molecule has 0 bridgehead atoms. The Morgan fingerprint density at radius 1 is 0.964 bits per heavy atom. The lowest BCUT2D eigenvalue weighted by Crippen LogP contribution is -2.49. The number of halogens is 1. The van der Waals surface area contributed by atoms with E-state index in [2.05, 4.69) is 4.90 Å². The molecule has 152 valence electrons. The van der Waals surface area contributed by atoms with E-state index in [1.54, 1.807) is 38.5 Å². The number of methoxy groups -OCH3 is 2. The second kappa shape index (κ2) is 9.61. The Bertz CT molecular complexity index is 744. The summed E-state index contributed by atoms with van der Waals surface area (Å²) in [7, 11) is 3.13. The van der Waals surface area contributed by atoms with Crippen LogP contribution >= 0.6 is 0 Å². The van der Waals surface area contributed by atoms with E-state index in [0.29, 0.717) is 29.5 Å². The first-order chi connectivity index (χ1) is 13.6. The van der Waals surface area contributed by atoms with Gasteiger partial charge >= 0.3 is 0 Å². The van der Waals surface area contributed by atoms with E-state index in [9.17, 15) is 9.50 Å². The highest BCUT2D eigenvalue weighted by molar-refractivity contribution is 5.51. The molecule has 1 saturated heterocycles. The van der Waals surface area contributed by atoms with Crippen LogP contribution in [0.5, 0.6) is 17.2 Å². The van der Waals surface area contributed by atoms with Crippen LogP contribution in [-0.2, 0) is 0 Å². The second-order valence-electron chi connectivity index (χ2n) is 6.70. The van der Waals surface area contributed by atoms with Crippen molar-refractivity contribution in [3.63, 3.8) is 0 Å². The number of ether oxygens (including phenoxy) is 3. The molecular formula is C21H27FN2O4. The van der Waals surface area contributed by atoms with Crippen molar-refractivity contribution >= 4 is 5.69 Å². The number of hydrogen-bond donors (Lipinski definition) is 1. The molecule has 1 aliphatic heterocycles. The molecule has 7 heteroatoms. The summed E-state index contributed by atoms with van der Waals surface area (Å²) in [4.78, 5) is 4.19. The Balaban J connectivity index is 1.49. The molecule has 2 aromatic carbocycles. The average Bonchev–Trinajstić information content (AvgIpc) is 2.73. The lowest BCUT2D eigenvalue weighted by atomic mass is 10.2. The number of hydrogen-bond acceptors (Lipinski definition) is 6. The molecule has 1 aliphatic rings. The minimum absolute atomic E-state index is 0.129. The molecule has 6 nitrogen and oxygen atoms in total. The van der Waals surface area contributed by atoms with Gasteiger partial charge in [0, 0.05) is 32.7 Å². The molecule has 3 rings (SSSR count). The summed E-state index contributed by atoms with van der Waals surface area (Å²) < 4.78 is 30.3. The minimum Gasteiger partial charge on any atom is -0.493 e. The lowest BCUT2D eigenvalue weighted by Gasteiger charge is -2.37. The fourth-order valence-electron chi connectivity index (χ4n) is 3.37. The molecule has 28 heavy (non-hydrogen) atoms. The standard InChI is InChI=1S/C21H27FN2O4/c1-26-19-8-5-9-20(27-2)21(19)28-15-16(25)14-23-10-12-24(13-11-23)18-7-4-3-6-17(18)22/h3-9,16,25H,10-15H2,1-2H3/t16-/m1/s1. The highest BCUT2D eigenvalue weighted by atomic mass is 19.1. The normalized spacial score (nSPS) is 15.9. The van der Waals surface area contributed by atoms with Crippen LogP contribution in [0.3, 0.4) is 0 Å². The van der Waals surface area contributed by atoms with Gasteiger partial charge in [0.2, 0.25) is 5.75 Å². The van der Waals surface area contributed by atoms with Crippen LogP contribution < -0.4 is 19.1 Å². The van der Waals surface area contributed by atoms with E-state index in [1.165, 1.54) is 6.07 Å². The predicted molar refractivity (Wildman–Crippen MR) is 106 cm³/mol. The van der Waals surface area contributed by atoms with Gasteiger partial charge in [0.25, 0.3) is 0 Å². The molecule has 0 unspecified atom stereocenters. The number of β-amino-alcohol motifs (C(OH)–C–C–N with tert-alkyl or cyclic N) is 1. The van der Waals surface area contributed by atoms with Crippen LogP contribution in [0.15, 0.2) is 42.5 Å². The topological polar surface area (TPSA) is 54.4 Å². The molecule has 2 aromatic rings. The van der Waals surface area contributed by atoms with Gasteiger partial charge in [0.15, 0.2) is 11.5 Å². The number of nitrogens with zero attached hydrogens (tertiary/aromatic N) is 2. The van der Waals surface area contributed by atoms with Crippen LogP contribution in [0, 0.1) is 5.82 Å². The number of benzene rings is 2. The third-order valence-corrected chi connectivity index (χ3v) is 4.84. The molecule has 1 heterocycles. The fourth-order valence-corrected chi connectivity index (χ4v) is 3.37. The Labute approximate surface area is 165 Å². The Morgan fingerprint density at radius 2 is 1.61 bits per heavy atom. The molecule has 0 radical (unpaired) electrons. The zero-order valence-electron chi connectivity index (χ0n) is 16.3. The first-order valence-corrected chi connectivity index (χ1v) is 9.36. The van der Waals surface area contributed by atoms with E-state index in [1.807, 2.05) is 17.0 Å². The number of anilines is 1. The monoisotopic (exact) mass is 390 g/mol. The molecular weight excluding hydrogens is 363 g/mol. The van der Waals surface area contributed by atoms with Gasteiger partial charge in [-0.2, -0.15) is 0 Å². The highest BCUT2D eigenvalue weighted by Gasteiger charge is 2.22. The third-order valence-electron chi connectivity index (χ3n) is 4.84. The summed E-state index contributed by atoms with van der Waals surface area (Å²) in [5, 5.41) is 10.4. The molecule has 0 spiro atoms. The lowest BCUT2D eigenvalue weighted by molar-refractivity contribution is 0.0642. The SMILES string of the molecule is COc1cccc(OC)c1OC[C@H](O)CN1CCN(c2ccccc2F)CC1. The van der Waals surface area contributed by atoms with Crippen molar-refractivity contribution in [2.24, 2.45) is 0 Å². The maximum atomic E-state index is 13.9. The Morgan fingerprint density at radius 3 is 2.21 bits per heavy atom. The number of rotatable bonds is 8. The van der Waals surface area contributed by atoms with Crippen molar-refractivity contribution in [2.45, 2.75) is 6.10 Å². The van der Waals surface area contributed by atoms with E-state index < -0.39 is 6.10 Å². The number of piperazine rings is 1. The largest absolute Gasteiger partial charge is 0.493 e. The van der Waals surface area contributed by atoms with Gasteiger partial charge in [-0.05, 0) is 24.3 Å². The summed E-state index contributed by atoms with van der Waals surface area (Å²) in [6.07, 6.45) is -0.658. The molecule has 0 aliphatic carbocycles. The first kappa shape index (κ1) is 20.2. The smallest absolute Gasteiger partial charge is 0.203 e. The molecule has 1 N–H and O–H groups in total. The Hall–Kier alpha value is -2.51. The van der Waals surface area contributed by atoms with Crippen LogP contribution in [-0.4, -0.2) is 69.7 Å². The number of aliphatic hydroxyl groups is 1. The van der Waals surface area contributed by atoms with Gasteiger partial charge in [-0.3, -0.25) is 4.90 Å². The van der Waals surface area contributed by atoms with Gasteiger partial charge < -0.3 is 24.2 Å². The van der Waals surface area contributed by atoms with E-state index in [0.717, 1.165) is 26.2 Å². The molecule has 0 amide bonds. The van der Waals surface area contributed by atoms with Crippen LogP contribution in [0.25, 0.3) is 0 Å². The van der Waals surface area contributed by atoms with Crippen molar-refractivity contribution in [3.05, 3.63) is 48.3 Å². The van der Waals surface area contributed by atoms with Crippen LogP contribution in [0.2, 0.25) is 0 Å². The van der Waals surface area contributed by atoms with Crippen molar-refractivity contribution in [3.8, 4) is 17.2 Å². The van der Waals surface area contributed by atoms with Crippen molar-refractivity contribution in [2.75, 3.05) is 58.5 Å². The third kappa shape index (κ3) is 4.85. The van der Waals surface area contributed by atoms with Gasteiger partial charge in [-0.25, -0.2) is 4.39 Å². The number of para-hydroxylation sites is 2. The molecule has 1 atom stereocenters. The van der Waals surface area contributed by atoms with Crippen LogP contribution in [0.4, 0.5) is 10.1 Å². The average molecular weight is 390 g/mol. The summed E-state index contributed by atoms with van der Waals surface area (Å²) >= 11 is 0. The van der Waals surface area contributed by atoms with E-state index >= 15 is 0 Å². The summed E-state index contributed by atoms with van der Waals surface area (Å²) in [5.74, 6) is 1.40. The van der Waals surface area contributed by atoms with Crippen LogP contribution in [0.1, 0.15) is 0 Å². The summed E-state index contributed by atoms with van der Waals surface area (Å²) in [6.45, 7) is 3.56. The number of aliphatic hydroxyl groups excluding tert-OH is 1. The van der Waals surface area contributed by atoms with Crippen molar-refractivity contribution < 1.29 is 23.7 Å². The van der Waals surface area contributed by atoms with Crippen molar-refractivity contribution in [1.82, 2.24) is 4.90 Å². The maximum Gasteiger partial charge on any atom is 0.203 e. The molecule has 0 aromatic heterocycles. The molecule has 1 fully saturated rings. The summed E-state index contributed by atoms with van der Waals surface area (Å²) in [5.41, 5.74) is 0.634. The van der Waals surface area contributed by atoms with Gasteiger partial charge in [-0.15, -0.1) is 0 Å². The quantitative estimate of drug-likeness (QED) is 0.747. The van der Waals surface area contributed by atoms with E-state index in [4.69, 9.17) is 14.2 Å². The summed E-state index contributed by atoms with van der Waals surface area (Å²) in [6, 6.07) is 12.2. The van der Waals surface area contributed by atoms with Gasteiger partial charge in [-0.1, -0.05) is 18.2 Å². The Kier molecular flexibility index (Phi) is 6.95. The minimum atomic E-state index is -0.658. The maximum absolute atomic E-state index is 13.9. The second-order valence-corrected chi connectivity index (χ2v) is 6.70. The zero-order chi connectivity index (χ0) is 19.9. The highest BCUT2D eigenvalue weighted by Crippen LogP contribution is 2.36. The van der Waals surface area contributed by atoms with Crippen molar-refractivity contribution in [1.29, 1.82) is 0 Å². The zero-order valence-corrected chi connectivity index (χ0v) is 16.3. The van der Waals surface area contributed by atoms with Gasteiger partial charge in [0.05, 0.1) is 19.9 Å². The predicted octanol–water partition coefficient (Wildman–Crippen LogP) is 2.40. The van der Waals surface area contributed by atoms with Gasteiger partial charge in [0.1, 0.15) is 18.5 Å². The first-order valence-electron chi connectivity index (χ1n) is 9.36.